The molecule has 0 amide bonds. The second-order valence-corrected chi connectivity index (χ2v) is 35.8. The largest absolute Gasteiger partial charge is 0.472 e. The molecule has 0 aromatic carbocycles. The summed E-state index contributed by atoms with van der Waals surface area (Å²) in [4.78, 5) is 73.2. The van der Waals surface area contributed by atoms with Gasteiger partial charge < -0.3 is 33.8 Å². The van der Waals surface area contributed by atoms with Crippen LogP contribution in [0.3, 0.4) is 0 Å². The van der Waals surface area contributed by atoms with Crippen molar-refractivity contribution in [3.63, 3.8) is 0 Å². The Morgan fingerprint density at radius 2 is 0.426 bits per heavy atom. The van der Waals surface area contributed by atoms with E-state index in [1.807, 2.05) is 0 Å². The van der Waals surface area contributed by atoms with Gasteiger partial charge in [0.1, 0.15) is 19.3 Å². The number of carbonyl (C=O) groups is 4. The molecule has 0 rings (SSSR count). The molecule has 5 atom stereocenters. The third kappa shape index (κ3) is 82.1. The number of aliphatic hydroxyl groups excluding tert-OH is 1. The van der Waals surface area contributed by atoms with Crippen molar-refractivity contribution in [2.45, 2.75) is 496 Å². The number of unbranched alkanes of at least 4 members (excludes halogenated alkanes) is 58. The van der Waals surface area contributed by atoms with Crippen molar-refractivity contribution in [2.75, 3.05) is 39.6 Å². The van der Waals surface area contributed by atoms with Crippen LogP contribution < -0.4 is 0 Å². The van der Waals surface area contributed by atoms with Crippen LogP contribution in [0.1, 0.15) is 478 Å². The molecule has 2 unspecified atom stereocenters. The maximum Gasteiger partial charge on any atom is 0.472 e. The van der Waals surface area contributed by atoms with Crippen LogP contribution in [-0.2, 0) is 65.4 Å². The van der Waals surface area contributed by atoms with Gasteiger partial charge in [0.15, 0.2) is 12.2 Å². The minimum Gasteiger partial charge on any atom is -0.462 e. The van der Waals surface area contributed by atoms with Gasteiger partial charge in [0.25, 0.3) is 0 Å². The minimum absolute atomic E-state index is 0.109. The van der Waals surface area contributed by atoms with Gasteiger partial charge in [-0.25, -0.2) is 9.13 Å². The molecule has 0 saturated carbocycles. The highest BCUT2D eigenvalue weighted by Crippen LogP contribution is 2.45. The van der Waals surface area contributed by atoms with Crippen molar-refractivity contribution in [3.8, 4) is 0 Å². The third-order valence-corrected chi connectivity index (χ3v) is 22.9. The summed E-state index contributed by atoms with van der Waals surface area (Å²) < 4.78 is 68.9. The van der Waals surface area contributed by atoms with Gasteiger partial charge in [-0.2, -0.15) is 0 Å². The first-order valence-electron chi connectivity index (χ1n) is 46.0. The zero-order valence-corrected chi connectivity index (χ0v) is 73.0. The van der Waals surface area contributed by atoms with Gasteiger partial charge in [0.05, 0.1) is 26.4 Å². The van der Waals surface area contributed by atoms with Gasteiger partial charge >= 0.3 is 39.5 Å². The molecule has 642 valence electrons. The van der Waals surface area contributed by atoms with E-state index in [2.05, 4.69) is 41.5 Å². The van der Waals surface area contributed by atoms with Crippen molar-refractivity contribution >= 4 is 39.5 Å². The number of ether oxygens (including phenoxy) is 4. The maximum absolute atomic E-state index is 13.2. The first kappa shape index (κ1) is 106. The Hall–Kier alpha value is -1.94. The number of aliphatic hydroxyl groups is 1. The molecule has 0 radical (unpaired) electrons. The van der Waals surface area contributed by atoms with Gasteiger partial charge in [-0.3, -0.25) is 37.3 Å². The van der Waals surface area contributed by atoms with E-state index in [1.54, 1.807) is 0 Å². The number of phosphoric acid groups is 2. The van der Waals surface area contributed by atoms with E-state index in [1.165, 1.54) is 295 Å². The predicted octanol–water partition coefficient (Wildman–Crippen LogP) is 27.4. The van der Waals surface area contributed by atoms with Crippen molar-refractivity contribution in [3.05, 3.63) is 0 Å². The first-order valence-corrected chi connectivity index (χ1v) is 49.0. The Balaban J connectivity index is 5.17. The SMILES string of the molecule is CCCCCCCCCCCCCCCCCCCCC(=O)O[C@H](COC(=O)CCCCCCCCCC)COP(=O)(O)OC[C@H](O)COP(=O)(O)OC[C@@H](COC(=O)CCCCCCCCCCCCCCCCCCCCC(C)C)OC(=O)CCCCCCCCCCCCCCCCCCCCC(C)C. The summed E-state index contributed by atoms with van der Waals surface area (Å²) in [6, 6.07) is 0. The topological polar surface area (TPSA) is 237 Å². The molecule has 17 nitrogen and oxygen atoms in total. The van der Waals surface area contributed by atoms with E-state index < -0.39 is 97.5 Å². The number of hydrogen-bond acceptors (Lipinski definition) is 15. The van der Waals surface area contributed by atoms with Crippen molar-refractivity contribution in [1.82, 2.24) is 0 Å². The number of carbonyl (C=O) groups excluding carboxylic acids is 4. The molecule has 0 aliphatic heterocycles. The van der Waals surface area contributed by atoms with Crippen LogP contribution in [-0.4, -0.2) is 96.7 Å². The van der Waals surface area contributed by atoms with E-state index in [0.717, 1.165) is 102 Å². The summed E-state index contributed by atoms with van der Waals surface area (Å²) in [6.45, 7) is 9.74. The molecular formula is C89H174O17P2. The quantitative estimate of drug-likeness (QED) is 0.0222. The summed E-state index contributed by atoms with van der Waals surface area (Å²) in [6.07, 6.45) is 73.8. The molecule has 3 N–H and O–H groups in total. The van der Waals surface area contributed by atoms with E-state index in [4.69, 9.17) is 37.0 Å². The average molecular weight is 1580 g/mol. The van der Waals surface area contributed by atoms with Crippen LogP contribution >= 0.6 is 15.6 Å². The third-order valence-electron chi connectivity index (χ3n) is 21.0. The van der Waals surface area contributed by atoms with Crippen LogP contribution in [0, 0.1) is 11.8 Å². The lowest BCUT2D eigenvalue weighted by Gasteiger charge is -2.21. The predicted molar refractivity (Wildman–Crippen MR) is 446 cm³/mol. The van der Waals surface area contributed by atoms with Crippen LogP contribution in [0.25, 0.3) is 0 Å². The summed E-state index contributed by atoms with van der Waals surface area (Å²) >= 11 is 0. The lowest BCUT2D eigenvalue weighted by molar-refractivity contribution is -0.161. The van der Waals surface area contributed by atoms with Crippen molar-refractivity contribution < 1.29 is 80.2 Å². The molecule has 0 aromatic rings. The zero-order valence-electron chi connectivity index (χ0n) is 71.2. The zero-order chi connectivity index (χ0) is 79.2. The molecule has 0 aliphatic carbocycles. The van der Waals surface area contributed by atoms with Crippen LogP contribution in [0.5, 0.6) is 0 Å². The van der Waals surface area contributed by atoms with E-state index >= 15 is 0 Å². The van der Waals surface area contributed by atoms with Gasteiger partial charge in [-0.05, 0) is 37.5 Å². The molecule has 0 aliphatic rings. The molecule has 0 fully saturated rings. The summed E-state index contributed by atoms with van der Waals surface area (Å²) in [5.41, 5.74) is 0. The highest BCUT2D eigenvalue weighted by Gasteiger charge is 2.31. The van der Waals surface area contributed by atoms with E-state index in [9.17, 15) is 43.2 Å². The normalized spacial score (nSPS) is 13.8. The smallest absolute Gasteiger partial charge is 0.462 e. The number of rotatable bonds is 88. The Kier molecular flexibility index (Phi) is 78.8. The highest BCUT2D eigenvalue weighted by molar-refractivity contribution is 7.47. The molecule has 0 saturated heterocycles. The van der Waals surface area contributed by atoms with E-state index in [-0.39, 0.29) is 25.7 Å². The first-order chi connectivity index (χ1) is 52.4. The standard InChI is InChI=1S/C89H174O17P2/c1-7-9-11-13-15-17-18-19-20-21-28-34-39-44-49-55-61-67-73-88(93)105-84(77-99-86(91)71-65-59-53-16-14-12-10-8-2)79-103-107(95,96)101-75-83(90)76-102-108(97,98)104-80-85(106-89(94)74-68-62-56-50-45-40-35-30-25-23-27-32-37-42-47-52-58-64-70-82(5)6)78-100-87(92)72-66-60-54-48-43-38-33-29-24-22-26-31-36-41-46-51-57-63-69-81(3)4/h81-85,90H,7-80H2,1-6H3,(H,95,96)(H,97,98)/t83-,84+,85+/m0/s1. The fourth-order valence-electron chi connectivity index (χ4n) is 14.0. The maximum atomic E-state index is 13.2. The lowest BCUT2D eigenvalue weighted by atomic mass is 10.0. The second-order valence-electron chi connectivity index (χ2n) is 32.9. The summed E-state index contributed by atoms with van der Waals surface area (Å²) in [5, 5.41) is 10.7. The Morgan fingerprint density at radius 3 is 0.630 bits per heavy atom. The van der Waals surface area contributed by atoms with Crippen LogP contribution in [0.4, 0.5) is 0 Å². The molecule has 0 bridgehead atoms. The summed E-state index contributed by atoms with van der Waals surface area (Å²) in [7, 11) is -9.93. The molecule has 0 heterocycles. The lowest BCUT2D eigenvalue weighted by Crippen LogP contribution is -2.30. The summed E-state index contributed by atoms with van der Waals surface area (Å²) in [5.74, 6) is -0.457. The van der Waals surface area contributed by atoms with Crippen LogP contribution in [0.2, 0.25) is 0 Å². The van der Waals surface area contributed by atoms with Gasteiger partial charge in [0.2, 0.25) is 0 Å². The second kappa shape index (κ2) is 80.3. The Labute approximate surface area is 664 Å². The monoisotopic (exact) mass is 1580 g/mol. The Morgan fingerprint density at radius 1 is 0.250 bits per heavy atom. The van der Waals surface area contributed by atoms with Gasteiger partial charge in [0, 0.05) is 25.7 Å². The number of esters is 4. The van der Waals surface area contributed by atoms with E-state index in [0.29, 0.717) is 25.7 Å². The average Bonchev–Trinajstić information content (AvgIpc) is 0.904. The molecular weight excluding hydrogens is 1400 g/mol. The number of hydrogen-bond donors (Lipinski definition) is 3. The molecule has 0 spiro atoms. The van der Waals surface area contributed by atoms with Crippen molar-refractivity contribution in [1.29, 1.82) is 0 Å². The number of phosphoric ester groups is 2. The molecule has 0 aromatic heterocycles. The minimum atomic E-state index is -4.97. The Bertz CT molecular complexity index is 2060. The van der Waals surface area contributed by atoms with Crippen LogP contribution in [0.15, 0.2) is 0 Å². The van der Waals surface area contributed by atoms with Gasteiger partial charge in [-0.15, -0.1) is 0 Å². The fourth-order valence-corrected chi connectivity index (χ4v) is 15.5. The molecule has 19 heteroatoms. The molecule has 108 heavy (non-hydrogen) atoms. The fraction of sp³-hybridized carbons (Fsp3) is 0.955. The highest BCUT2D eigenvalue weighted by atomic mass is 31.2. The van der Waals surface area contributed by atoms with Crippen molar-refractivity contribution in [2.24, 2.45) is 11.8 Å². The van der Waals surface area contributed by atoms with Gasteiger partial charge in [-0.1, -0.05) is 427 Å².